The Morgan fingerprint density at radius 3 is 2.78 bits per heavy atom. The number of ketones is 1. The van der Waals surface area contributed by atoms with Crippen molar-refractivity contribution in [3.8, 4) is 0 Å². The minimum Gasteiger partial charge on any atom is -0.469 e. The fraction of sp³-hybridized carbons (Fsp3) is 0.385. The van der Waals surface area contributed by atoms with Crippen LogP contribution in [0.5, 0.6) is 0 Å². The maximum atomic E-state index is 12.2. The van der Waals surface area contributed by atoms with E-state index in [1.807, 2.05) is 14.0 Å². The Labute approximate surface area is 114 Å². The van der Waals surface area contributed by atoms with E-state index < -0.39 is 0 Å². The number of halogens is 1. The maximum Gasteiger partial charge on any atom is 0.172 e. The van der Waals surface area contributed by atoms with Gasteiger partial charge in [-0.3, -0.25) is 9.48 Å². The lowest BCUT2D eigenvalue weighted by atomic mass is 10.1. The van der Waals surface area contributed by atoms with Gasteiger partial charge in [-0.15, -0.1) is 0 Å². The standard InChI is InChI=1S/C13H15BrN2O2/c1-4-10-13(14)11(16(3)15-10)7-12(17)9-5-6-18-8(9)2/h5-6H,4,7H2,1-3H3. The zero-order valence-corrected chi connectivity index (χ0v) is 12.2. The summed E-state index contributed by atoms with van der Waals surface area (Å²) in [6.45, 7) is 3.84. The van der Waals surface area contributed by atoms with Crippen LogP contribution in [-0.2, 0) is 19.9 Å². The van der Waals surface area contributed by atoms with E-state index in [9.17, 15) is 4.79 Å². The topological polar surface area (TPSA) is 48.0 Å². The third-order valence-electron chi connectivity index (χ3n) is 2.99. The van der Waals surface area contributed by atoms with Gasteiger partial charge in [0.15, 0.2) is 5.78 Å². The number of nitrogens with zero attached hydrogens (tertiary/aromatic N) is 2. The van der Waals surface area contributed by atoms with Gasteiger partial charge in [0.1, 0.15) is 5.76 Å². The summed E-state index contributed by atoms with van der Waals surface area (Å²) in [5, 5.41) is 4.38. The number of carbonyl (C=O) groups is 1. The van der Waals surface area contributed by atoms with Crippen LogP contribution in [0.15, 0.2) is 21.2 Å². The van der Waals surface area contributed by atoms with Gasteiger partial charge in [0.2, 0.25) is 0 Å². The molecule has 0 unspecified atom stereocenters. The van der Waals surface area contributed by atoms with E-state index in [2.05, 4.69) is 21.0 Å². The number of Topliss-reactive ketones (excluding diaryl/α,β-unsaturated/α-hetero) is 1. The summed E-state index contributed by atoms with van der Waals surface area (Å²) in [6.07, 6.45) is 2.70. The highest BCUT2D eigenvalue weighted by Crippen LogP contribution is 2.23. The molecule has 5 heteroatoms. The Kier molecular flexibility index (Phi) is 3.71. The number of aryl methyl sites for hydroxylation is 3. The first kappa shape index (κ1) is 13.1. The zero-order chi connectivity index (χ0) is 13.3. The second-order valence-electron chi connectivity index (χ2n) is 4.17. The zero-order valence-electron chi connectivity index (χ0n) is 10.7. The van der Waals surface area contributed by atoms with Crippen LogP contribution in [0.25, 0.3) is 0 Å². The monoisotopic (exact) mass is 310 g/mol. The molecule has 0 bridgehead atoms. The minimum atomic E-state index is 0.0487. The van der Waals surface area contributed by atoms with E-state index in [1.165, 1.54) is 0 Å². The van der Waals surface area contributed by atoms with Crippen molar-refractivity contribution < 1.29 is 9.21 Å². The van der Waals surface area contributed by atoms with E-state index in [1.54, 1.807) is 23.9 Å². The van der Waals surface area contributed by atoms with E-state index in [4.69, 9.17) is 4.42 Å². The lowest BCUT2D eigenvalue weighted by Crippen LogP contribution is -2.08. The van der Waals surface area contributed by atoms with Crippen molar-refractivity contribution in [2.75, 3.05) is 0 Å². The van der Waals surface area contributed by atoms with Crippen LogP contribution in [0.2, 0.25) is 0 Å². The van der Waals surface area contributed by atoms with Gasteiger partial charge in [0.05, 0.1) is 34.1 Å². The second kappa shape index (κ2) is 5.10. The van der Waals surface area contributed by atoms with Gasteiger partial charge in [-0.1, -0.05) is 6.92 Å². The van der Waals surface area contributed by atoms with E-state index in [0.717, 1.165) is 22.3 Å². The average molecular weight is 311 g/mol. The smallest absolute Gasteiger partial charge is 0.172 e. The summed E-state index contributed by atoms with van der Waals surface area (Å²) in [7, 11) is 1.86. The molecule has 0 saturated carbocycles. The highest BCUT2D eigenvalue weighted by Gasteiger charge is 2.18. The number of hydrogen-bond acceptors (Lipinski definition) is 3. The third kappa shape index (κ3) is 2.27. The predicted molar refractivity (Wildman–Crippen MR) is 71.8 cm³/mol. The number of rotatable bonds is 4. The van der Waals surface area contributed by atoms with Crippen molar-refractivity contribution >= 4 is 21.7 Å². The maximum absolute atomic E-state index is 12.2. The average Bonchev–Trinajstić information content (AvgIpc) is 2.87. The van der Waals surface area contributed by atoms with Gasteiger partial charge in [0, 0.05) is 7.05 Å². The van der Waals surface area contributed by atoms with E-state index in [0.29, 0.717) is 17.7 Å². The molecule has 2 aromatic heterocycles. The summed E-state index contributed by atoms with van der Waals surface area (Å²) in [4.78, 5) is 12.2. The molecule has 0 amide bonds. The van der Waals surface area contributed by atoms with Crippen LogP contribution < -0.4 is 0 Å². The molecule has 2 heterocycles. The lowest BCUT2D eigenvalue weighted by Gasteiger charge is -2.02. The van der Waals surface area contributed by atoms with Crippen LogP contribution in [0.3, 0.4) is 0 Å². The Morgan fingerprint density at radius 1 is 1.56 bits per heavy atom. The molecule has 18 heavy (non-hydrogen) atoms. The first-order valence-electron chi connectivity index (χ1n) is 5.82. The molecule has 4 nitrogen and oxygen atoms in total. The Hall–Kier alpha value is -1.36. The molecule has 0 spiro atoms. The van der Waals surface area contributed by atoms with Crippen molar-refractivity contribution in [3.63, 3.8) is 0 Å². The van der Waals surface area contributed by atoms with Crippen LogP contribution in [0, 0.1) is 6.92 Å². The molecule has 0 atom stereocenters. The molecule has 0 aliphatic rings. The second-order valence-corrected chi connectivity index (χ2v) is 4.97. The molecule has 2 aromatic rings. The summed E-state index contributed by atoms with van der Waals surface area (Å²) in [5.41, 5.74) is 2.52. The first-order valence-corrected chi connectivity index (χ1v) is 6.61. The number of furan rings is 1. The number of carbonyl (C=O) groups excluding carboxylic acids is 1. The number of hydrogen-bond donors (Lipinski definition) is 0. The largest absolute Gasteiger partial charge is 0.469 e. The highest BCUT2D eigenvalue weighted by molar-refractivity contribution is 9.10. The van der Waals surface area contributed by atoms with Gasteiger partial charge in [-0.25, -0.2) is 0 Å². The van der Waals surface area contributed by atoms with Crippen molar-refractivity contribution in [2.24, 2.45) is 7.05 Å². The molecular weight excluding hydrogens is 296 g/mol. The van der Waals surface area contributed by atoms with Crippen molar-refractivity contribution in [3.05, 3.63) is 39.5 Å². The summed E-state index contributed by atoms with van der Waals surface area (Å²) < 4.78 is 7.85. The summed E-state index contributed by atoms with van der Waals surface area (Å²) >= 11 is 3.51. The fourth-order valence-electron chi connectivity index (χ4n) is 1.93. The van der Waals surface area contributed by atoms with Crippen molar-refractivity contribution in [1.29, 1.82) is 0 Å². The van der Waals surface area contributed by atoms with Crippen LogP contribution in [0.4, 0.5) is 0 Å². The van der Waals surface area contributed by atoms with Gasteiger partial charge in [-0.2, -0.15) is 5.10 Å². The Balaban J connectivity index is 2.27. The normalized spacial score (nSPS) is 10.9. The van der Waals surface area contributed by atoms with Gasteiger partial charge >= 0.3 is 0 Å². The van der Waals surface area contributed by atoms with Crippen molar-refractivity contribution in [2.45, 2.75) is 26.7 Å². The highest BCUT2D eigenvalue weighted by atomic mass is 79.9. The molecular formula is C13H15BrN2O2. The molecule has 0 fully saturated rings. The van der Waals surface area contributed by atoms with E-state index >= 15 is 0 Å². The lowest BCUT2D eigenvalue weighted by molar-refractivity contribution is 0.0989. The number of aromatic nitrogens is 2. The van der Waals surface area contributed by atoms with Crippen molar-refractivity contribution in [1.82, 2.24) is 9.78 Å². The summed E-state index contributed by atoms with van der Waals surface area (Å²) in [5.74, 6) is 0.710. The van der Waals surface area contributed by atoms with Crippen LogP contribution in [-0.4, -0.2) is 15.6 Å². The molecule has 0 radical (unpaired) electrons. The van der Waals surface area contributed by atoms with E-state index in [-0.39, 0.29) is 5.78 Å². The molecule has 2 rings (SSSR count). The Bertz CT molecular complexity index is 584. The molecule has 96 valence electrons. The predicted octanol–water partition coefficient (Wildman–Crippen LogP) is 3.07. The van der Waals surface area contributed by atoms with Crippen LogP contribution >= 0.6 is 15.9 Å². The fourth-order valence-corrected chi connectivity index (χ4v) is 2.69. The van der Waals surface area contributed by atoms with Gasteiger partial charge in [-0.05, 0) is 35.3 Å². The molecule has 0 aromatic carbocycles. The van der Waals surface area contributed by atoms with Gasteiger partial charge < -0.3 is 4.42 Å². The molecule has 0 N–H and O–H groups in total. The summed E-state index contributed by atoms with van der Waals surface area (Å²) in [6, 6.07) is 1.71. The molecule has 0 aliphatic carbocycles. The minimum absolute atomic E-state index is 0.0487. The molecule has 0 aliphatic heterocycles. The quantitative estimate of drug-likeness (QED) is 0.815. The Morgan fingerprint density at radius 2 is 2.28 bits per heavy atom. The molecule has 0 saturated heterocycles. The SMILES string of the molecule is CCc1nn(C)c(CC(=O)c2ccoc2C)c1Br. The van der Waals surface area contributed by atoms with Crippen LogP contribution in [0.1, 0.15) is 34.4 Å². The third-order valence-corrected chi connectivity index (χ3v) is 3.91. The first-order chi connectivity index (χ1) is 8.54. The van der Waals surface area contributed by atoms with Gasteiger partial charge in [0.25, 0.3) is 0 Å².